The second kappa shape index (κ2) is 9.91. The molecule has 0 unspecified atom stereocenters. The molecule has 2 aromatic heterocycles. The van der Waals surface area contributed by atoms with Gasteiger partial charge in [-0.05, 0) is 50.3 Å². The first-order valence-corrected chi connectivity index (χ1v) is 12.0. The van der Waals surface area contributed by atoms with Crippen molar-refractivity contribution in [2.75, 3.05) is 6.61 Å². The maximum atomic E-state index is 14.2. The number of H-pyrrole nitrogens is 1. The predicted octanol–water partition coefficient (Wildman–Crippen LogP) is 4.53. The van der Waals surface area contributed by atoms with E-state index in [-0.39, 0.29) is 29.5 Å². The third kappa shape index (κ3) is 5.18. The van der Waals surface area contributed by atoms with Crippen LogP contribution in [0.1, 0.15) is 53.7 Å². The lowest BCUT2D eigenvalue weighted by Crippen LogP contribution is -2.38. The standard InChI is InChI=1S/C25H26F3N5O4/c1-11-19(24(34)32-14-7-16(26)17(8-14)33-25(35)36)21-22(31-11)20(29-10-30-21)15-6-13(23(27)28)4-5-18(15)37-9-12-2-3-12/h4-6,10,12,14,16-17,23,31,33H,2-3,7-9H2,1H3,(H,32,34)(H,35,36)/t14-,16+,17+/m1/s1. The quantitative estimate of drug-likeness (QED) is 0.348. The third-order valence-electron chi connectivity index (χ3n) is 6.81. The van der Waals surface area contributed by atoms with Gasteiger partial charge in [0.2, 0.25) is 0 Å². The number of ether oxygens (including phenoxy) is 1. The number of nitrogens with one attached hydrogen (secondary N) is 3. The Labute approximate surface area is 209 Å². The molecule has 0 saturated heterocycles. The van der Waals surface area contributed by atoms with Crippen LogP contribution in [0.2, 0.25) is 0 Å². The molecular weight excluding hydrogens is 491 g/mol. The molecule has 2 aliphatic carbocycles. The van der Waals surface area contributed by atoms with Gasteiger partial charge in [0.25, 0.3) is 12.3 Å². The van der Waals surface area contributed by atoms with Gasteiger partial charge in [-0.1, -0.05) is 0 Å². The zero-order chi connectivity index (χ0) is 26.3. The highest BCUT2D eigenvalue weighted by Gasteiger charge is 2.37. The zero-order valence-electron chi connectivity index (χ0n) is 19.9. The number of rotatable bonds is 8. The number of nitrogens with zero attached hydrogens (tertiary/aromatic N) is 2. The summed E-state index contributed by atoms with van der Waals surface area (Å²) in [7, 11) is 0. The molecule has 9 nitrogen and oxygen atoms in total. The molecule has 3 atom stereocenters. The van der Waals surface area contributed by atoms with Crippen molar-refractivity contribution in [3.8, 4) is 17.0 Å². The normalized spacial score (nSPS) is 21.4. The molecule has 2 heterocycles. The van der Waals surface area contributed by atoms with Crippen LogP contribution in [0.3, 0.4) is 0 Å². The van der Waals surface area contributed by atoms with Gasteiger partial charge in [-0.3, -0.25) is 4.79 Å². The van der Waals surface area contributed by atoms with Crippen molar-refractivity contribution in [3.05, 3.63) is 41.3 Å². The molecule has 0 aliphatic heterocycles. The van der Waals surface area contributed by atoms with Crippen LogP contribution in [0, 0.1) is 12.8 Å². The Morgan fingerprint density at radius 3 is 2.70 bits per heavy atom. The number of amides is 2. The fraction of sp³-hybridized carbons (Fsp3) is 0.440. The fourth-order valence-electron chi connectivity index (χ4n) is 4.76. The lowest BCUT2D eigenvalue weighted by molar-refractivity contribution is 0.0937. The summed E-state index contributed by atoms with van der Waals surface area (Å²) in [5.74, 6) is 0.348. The molecular formula is C25H26F3N5O4. The molecule has 1 aromatic carbocycles. The number of aromatic amines is 1. The number of fused-ring (bicyclic) bond motifs is 1. The second-order valence-electron chi connectivity index (χ2n) is 9.60. The number of benzene rings is 1. The summed E-state index contributed by atoms with van der Waals surface area (Å²) in [6.45, 7) is 2.14. The number of carbonyl (C=O) groups excluding carboxylic acids is 1. The van der Waals surface area contributed by atoms with Crippen molar-refractivity contribution in [1.82, 2.24) is 25.6 Å². The number of aromatic nitrogens is 3. The van der Waals surface area contributed by atoms with Gasteiger partial charge in [-0.15, -0.1) is 0 Å². The third-order valence-corrected chi connectivity index (χ3v) is 6.81. The van der Waals surface area contributed by atoms with Gasteiger partial charge in [-0.25, -0.2) is 27.9 Å². The van der Waals surface area contributed by atoms with Gasteiger partial charge in [0.1, 0.15) is 29.5 Å². The van der Waals surface area contributed by atoms with Crippen LogP contribution in [0.25, 0.3) is 22.3 Å². The summed E-state index contributed by atoms with van der Waals surface area (Å²) < 4.78 is 47.2. The predicted molar refractivity (Wildman–Crippen MR) is 128 cm³/mol. The zero-order valence-corrected chi connectivity index (χ0v) is 19.9. The Bertz CT molecular complexity index is 1340. The van der Waals surface area contributed by atoms with Crippen LogP contribution in [-0.4, -0.2) is 56.9 Å². The summed E-state index contributed by atoms with van der Waals surface area (Å²) in [6, 6.07) is 2.68. The summed E-state index contributed by atoms with van der Waals surface area (Å²) in [5.41, 5.74) is 1.84. The van der Waals surface area contributed by atoms with Gasteiger partial charge in [0.15, 0.2) is 0 Å². The summed E-state index contributed by atoms with van der Waals surface area (Å²) in [5, 5.41) is 13.8. The monoisotopic (exact) mass is 517 g/mol. The van der Waals surface area contributed by atoms with E-state index in [1.807, 2.05) is 0 Å². The first kappa shape index (κ1) is 24.8. The molecule has 2 fully saturated rings. The van der Waals surface area contributed by atoms with E-state index in [2.05, 4.69) is 25.6 Å². The number of alkyl halides is 3. The van der Waals surface area contributed by atoms with E-state index >= 15 is 0 Å². The minimum absolute atomic E-state index is 0.0273. The Balaban J connectivity index is 1.46. The number of halogens is 3. The summed E-state index contributed by atoms with van der Waals surface area (Å²) in [4.78, 5) is 35.8. The van der Waals surface area contributed by atoms with Crippen LogP contribution in [0.15, 0.2) is 24.5 Å². The molecule has 2 saturated carbocycles. The van der Waals surface area contributed by atoms with E-state index in [4.69, 9.17) is 9.84 Å². The van der Waals surface area contributed by atoms with Crippen molar-refractivity contribution in [3.63, 3.8) is 0 Å². The highest BCUT2D eigenvalue weighted by molar-refractivity contribution is 6.09. The maximum Gasteiger partial charge on any atom is 0.404 e. The SMILES string of the molecule is Cc1[nH]c2c(-c3cc(C(F)F)ccc3OCC3CC3)ncnc2c1C(=O)N[C@H]1C[C@H](NC(=O)O)[C@@H](F)C1. The largest absolute Gasteiger partial charge is 0.493 e. The van der Waals surface area contributed by atoms with E-state index < -0.39 is 36.7 Å². The molecule has 0 spiro atoms. The molecule has 5 rings (SSSR count). The molecule has 12 heteroatoms. The van der Waals surface area contributed by atoms with Crippen LogP contribution >= 0.6 is 0 Å². The Morgan fingerprint density at radius 1 is 1.22 bits per heavy atom. The average Bonchev–Trinajstić information content (AvgIpc) is 3.52. The van der Waals surface area contributed by atoms with Crippen LogP contribution in [0.5, 0.6) is 5.75 Å². The molecule has 0 bridgehead atoms. The molecule has 3 aromatic rings. The van der Waals surface area contributed by atoms with Crippen molar-refractivity contribution < 1.29 is 32.6 Å². The maximum absolute atomic E-state index is 14.2. The van der Waals surface area contributed by atoms with Crippen molar-refractivity contribution in [2.45, 2.75) is 57.3 Å². The van der Waals surface area contributed by atoms with E-state index in [0.29, 0.717) is 40.7 Å². The number of carbonyl (C=O) groups is 2. The van der Waals surface area contributed by atoms with Gasteiger partial charge >= 0.3 is 6.09 Å². The Morgan fingerprint density at radius 2 is 2.00 bits per heavy atom. The first-order valence-electron chi connectivity index (χ1n) is 12.0. The first-order chi connectivity index (χ1) is 17.7. The lowest BCUT2D eigenvalue weighted by atomic mass is 10.0. The Kier molecular flexibility index (Phi) is 6.65. The van der Waals surface area contributed by atoms with Gasteiger partial charge in [0.05, 0.1) is 23.7 Å². The number of carboxylic acid groups (broad SMARTS) is 1. The number of hydrogen-bond acceptors (Lipinski definition) is 5. The Hall–Kier alpha value is -3.83. The molecule has 4 N–H and O–H groups in total. The highest BCUT2D eigenvalue weighted by atomic mass is 19.3. The smallest absolute Gasteiger partial charge is 0.404 e. The van der Waals surface area contributed by atoms with Crippen molar-refractivity contribution >= 4 is 23.0 Å². The van der Waals surface area contributed by atoms with E-state index in [9.17, 15) is 22.8 Å². The van der Waals surface area contributed by atoms with E-state index in [0.717, 1.165) is 12.8 Å². The van der Waals surface area contributed by atoms with Crippen molar-refractivity contribution in [2.24, 2.45) is 5.92 Å². The fourth-order valence-corrected chi connectivity index (χ4v) is 4.76. The van der Waals surface area contributed by atoms with Gasteiger partial charge in [-0.2, -0.15) is 0 Å². The van der Waals surface area contributed by atoms with Crippen LogP contribution in [-0.2, 0) is 0 Å². The molecule has 196 valence electrons. The summed E-state index contributed by atoms with van der Waals surface area (Å²) in [6.07, 6.45) is -1.97. The van der Waals surface area contributed by atoms with Crippen LogP contribution < -0.4 is 15.4 Å². The molecule has 37 heavy (non-hydrogen) atoms. The van der Waals surface area contributed by atoms with Crippen molar-refractivity contribution in [1.29, 1.82) is 0 Å². The number of aryl methyl sites for hydroxylation is 1. The van der Waals surface area contributed by atoms with Gasteiger partial charge in [0, 0.05) is 29.3 Å². The summed E-state index contributed by atoms with van der Waals surface area (Å²) >= 11 is 0. The second-order valence-corrected chi connectivity index (χ2v) is 9.60. The topological polar surface area (TPSA) is 129 Å². The highest BCUT2D eigenvalue weighted by Crippen LogP contribution is 2.38. The average molecular weight is 518 g/mol. The lowest BCUT2D eigenvalue weighted by Gasteiger charge is -2.14. The van der Waals surface area contributed by atoms with Crippen LogP contribution in [0.4, 0.5) is 18.0 Å². The van der Waals surface area contributed by atoms with E-state index in [1.54, 1.807) is 6.92 Å². The van der Waals surface area contributed by atoms with Gasteiger partial charge < -0.3 is 25.5 Å². The minimum Gasteiger partial charge on any atom is -0.493 e. The molecule has 2 aliphatic rings. The minimum atomic E-state index is -2.69. The van der Waals surface area contributed by atoms with E-state index in [1.165, 1.54) is 24.5 Å². The number of hydrogen-bond donors (Lipinski definition) is 4. The molecule has 2 amide bonds. The molecule has 0 radical (unpaired) electrons.